The second-order valence-corrected chi connectivity index (χ2v) is 7.57. The molecule has 27 heavy (non-hydrogen) atoms. The Morgan fingerprint density at radius 2 is 1.93 bits per heavy atom. The zero-order valence-electron chi connectivity index (χ0n) is 16.7. The van der Waals surface area contributed by atoms with Gasteiger partial charge in [-0.05, 0) is 26.0 Å². The zero-order chi connectivity index (χ0) is 19.1. The van der Waals surface area contributed by atoms with Crippen LogP contribution in [0, 0.1) is 13.8 Å². The van der Waals surface area contributed by atoms with Crippen LogP contribution in [0.25, 0.3) is 11.4 Å². The number of hydrogen-bond donors (Lipinski definition) is 0. The van der Waals surface area contributed by atoms with E-state index < -0.39 is 0 Å². The molecule has 0 radical (unpaired) electrons. The Labute approximate surface area is 160 Å². The van der Waals surface area contributed by atoms with Crippen molar-refractivity contribution in [1.82, 2.24) is 24.5 Å². The Morgan fingerprint density at radius 1 is 1.11 bits per heavy atom. The molecule has 4 rings (SSSR count). The van der Waals surface area contributed by atoms with E-state index in [1.807, 2.05) is 25.3 Å². The normalized spacial score (nSPS) is 13.9. The van der Waals surface area contributed by atoms with Gasteiger partial charge in [0.25, 0.3) is 0 Å². The second kappa shape index (κ2) is 6.76. The van der Waals surface area contributed by atoms with Gasteiger partial charge < -0.3 is 9.47 Å². The molecule has 0 saturated carbocycles. The molecule has 0 aromatic carbocycles. The van der Waals surface area contributed by atoms with Crippen molar-refractivity contribution in [2.75, 3.05) is 11.4 Å². The summed E-state index contributed by atoms with van der Waals surface area (Å²) in [5, 5.41) is 0. The number of imidazole rings is 1. The van der Waals surface area contributed by atoms with Gasteiger partial charge in [0, 0.05) is 60.8 Å². The van der Waals surface area contributed by atoms with E-state index in [9.17, 15) is 0 Å². The molecule has 0 unspecified atom stereocenters. The highest BCUT2D eigenvalue weighted by Crippen LogP contribution is 2.29. The molecule has 0 fully saturated rings. The molecular formula is C21H26N6. The Bertz CT molecular complexity index is 974. The van der Waals surface area contributed by atoms with Crippen LogP contribution >= 0.6 is 0 Å². The van der Waals surface area contributed by atoms with Crippen LogP contribution in [0.2, 0.25) is 0 Å². The van der Waals surface area contributed by atoms with E-state index >= 15 is 0 Å². The van der Waals surface area contributed by atoms with Crippen LogP contribution in [-0.2, 0) is 20.0 Å². The number of hydrogen-bond acceptors (Lipinski definition) is 5. The lowest BCUT2D eigenvalue weighted by Crippen LogP contribution is -2.32. The monoisotopic (exact) mass is 362 g/mol. The molecule has 1 aliphatic rings. The van der Waals surface area contributed by atoms with E-state index in [1.165, 1.54) is 11.4 Å². The van der Waals surface area contributed by atoms with Crippen LogP contribution in [0.5, 0.6) is 0 Å². The SMILES string of the molecule is Cc1nc(-c2cccnc2)nc(N2CCc3c(nc(C(C)C)n3C)C2)c1C. The number of aromatic nitrogens is 5. The predicted octanol–water partition coefficient (Wildman–Crippen LogP) is 3.58. The number of anilines is 1. The zero-order valence-corrected chi connectivity index (χ0v) is 16.7. The van der Waals surface area contributed by atoms with Gasteiger partial charge >= 0.3 is 0 Å². The Hall–Kier alpha value is -2.76. The third kappa shape index (κ3) is 3.09. The van der Waals surface area contributed by atoms with Crippen molar-refractivity contribution in [2.24, 2.45) is 7.05 Å². The number of nitrogens with zero attached hydrogens (tertiary/aromatic N) is 6. The quantitative estimate of drug-likeness (QED) is 0.713. The van der Waals surface area contributed by atoms with Gasteiger partial charge in [0.15, 0.2) is 5.82 Å². The maximum Gasteiger partial charge on any atom is 0.163 e. The van der Waals surface area contributed by atoms with Gasteiger partial charge in [-0.3, -0.25) is 4.98 Å². The van der Waals surface area contributed by atoms with E-state index in [2.05, 4.69) is 47.3 Å². The fourth-order valence-corrected chi connectivity index (χ4v) is 3.79. The van der Waals surface area contributed by atoms with Crippen LogP contribution in [0.3, 0.4) is 0 Å². The third-order valence-electron chi connectivity index (χ3n) is 5.39. The van der Waals surface area contributed by atoms with E-state index in [-0.39, 0.29) is 0 Å². The third-order valence-corrected chi connectivity index (χ3v) is 5.39. The van der Waals surface area contributed by atoms with Crippen LogP contribution in [0.1, 0.15) is 48.2 Å². The maximum absolute atomic E-state index is 4.93. The van der Waals surface area contributed by atoms with E-state index in [0.29, 0.717) is 5.92 Å². The minimum Gasteiger partial charge on any atom is -0.350 e. The molecule has 6 nitrogen and oxygen atoms in total. The first-order valence-electron chi connectivity index (χ1n) is 9.50. The van der Waals surface area contributed by atoms with Crippen molar-refractivity contribution < 1.29 is 0 Å². The van der Waals surface area contributed by atoms with Gasteiger partial charge in [-0.2, -0.15) is 0 Å². The van der Waals surface area contributed by atoms with Crippen molar-refractivity contribution in [3.05, 3.63) is 53.0 Å². The topological polar surface area (TPSA) is 59.7 Å². The van der Waals surface area contributed by atoms with Gasteiger partial charge in [-0.25, -0.2) is 15.0 Å². The van der Waals surface area contributed by atoms with Gasteiger partial charge in [0.1, 0.15) is 11.6 Å². The van der Waals surface area contributed by atoms with Gasteiger partial charge in [0.2, 0.25) is 0 Å². The summed E-state index contributed by atoms with van der Waals surface area (Å²) in [6.07, 6.45) is 4.57. The molecule has 0 bridgehead atoms. The fraction of sp³-hybridized carbons (Fsp3) is 0.429. The van der Waals surface area contributed by atoms with E-state index in [0.717, 1.165) is 53.8 Å². The summed E-state index contributed by atoms with van der Waals surface area (Å²) in [6.45, 7) is 10.3. The second-order valence-electron chi connectivity index (χ2n) is 7.57. The summed E-state index contributed by atoms with van der Waals surface area (Å²) in [4.78, 5) is 21.1. The molecule has 1 aliphatic heterocycles. The predicted molar refractivity (Wildman–Crippen MR) is 107 cm³/mol. The Balaban J connectivity index is 1.72. The molecule has 0 saturated heterocycles. The molecular weight excluding hydrogens is 336 g/mol. The van der Waals surface area contributed by atoms with Crippen molar-refractivity contribution in [3.8, 4) is 11.4 Å². The molecule has 3 aromatic heterocycles. The van der Waals surface area contributed by atoms with E-state index in [1.54, 1.807) is 6.20 Å². The fourth-order valence-electron chi connectivity index (χ4n) is 3.79. The molecule has 0 N–H and O–H groups in total. The molecule has 4 heterocycles. The Kier molecular flexibility index (Phi) is 4.42. The Morgan fingerprint density at radius 3 is 2.63 bits per heavy atom. The average molecular weight is 362 g/mol. The lowest BCUT2D eigenvalue weighted by Gasteiger charge is -2.29. The molecule has 140 valence electrons. The van der Waals surface area contributed by atoms with Crippen molar-refractivity contribution in [1.29, 1.82) is 0 Å². The average Bonchev–Trinajstić information content (AvgIpc) is 3.01. The van der Waals surface area contributed by atoms with Crippen LogP contribution in [0.15, 0.2) is 24.5 Å². The van der Waals surface area contributed by atoms with Crippen molar-refractivity contribution in [2.45, 2.75) is 46.6 Å². The summed E-state index contributed by atoms with van der Waals surface area (Å²) in [6, 6.07) is 3.92. The molecule has 0 amide bonds. The van der Waals surface area contributed by atoms with Crippen molar-refractivity contribution in [3.63, 3.8) is 0 Å². The lowest BCUT2D eigenvalue weighted by atomic mass is 10.1. The molecule has 0 atom stereocenters. The molecule has 0 spiro atoms. The van der Waals surface area contributed by atoms with Crippen LogP contribution < -0.4 is 4.90 Å². The summed E-state index contributed by atoms with van der Waals surface area (Å²) in [5.74, 6) is 3.32. The van der Waals surface area contributed by atoms with Crippen LogP contribution in [-0.4, -0.2) is 31.0 Å². The number of pyridine rings is 1. The summed E-state index contributed by atoms with van der Waals surface area (Å²) >= 11 is 0. The smallest absolute Gasteiger partial charge is 0.163 e. The minimum atomic E-state index is 0.425. The number of fused-ring (bicyclic) bond motifs is 1. The van der Waals surface area contributed by atoms with Crippen molar-refractivity contribution >= 4 is 5.82 Å². The van der Waals surface area contributed by atoms with Crippen LogP contribution in [0.4, 0.5) is 5.82 Å². The standard InChI is InChI=1S/C21H26N6/c1-13(2)20-24-17-12-27(10-8-18(17)26(20)5)21-14(3)15(4)23-19(25-21)16-7-6-9-22-11-16/h6-7,9,11,13H,8,10,12H2,1-5H3. The first kappa shape index (κ1) is 17.6. The largest absolute Gasteiger partial charge is 0.350 e. The first-order chi connectivity index (χ1) is 13.0. The summed E-state index contributed by atoms with van der Waals surface area (Å²) in [7, 11) is 2.14. The van der Waals surface area contributed by atoms with Gasteiger partial charge in [0.05, 0.1) is 12.2 Å². The minimum absolute atomic E-state index is 0.425. The lowest BCUT2D eigenvalue weighted by molar-refractivity contribution is 0.657. The number of rotatable bonds is 3. The maximum atomic E-state index is 4.93. The highest BCUT2D eigenvalue weighted by Gasteiger charge is 2.26. The summed E-state index contributed by atoms with van der Waals surface area (Å²) < 4.78 is 2.27. The molecule has 0 aliphatic carbocycles. The van der Waals surface area contributed by atoms with Gasteiger partial charge in [-0.15, -0.1) is 0 Å². The first-order valence-corrected chi connectivity index (χ1v) is 9.50. The van der Waals surface area contributed by atoms with Gasteiger partial charge in [-0.1, -0.05) is 13.8 Å². The molecule has 6 heteroatoms. The summed E-state index contributed by atoms with van der Waals surface area (Å²) in [5.41, 5.74) is 5.61. The highest BCUT2D eigenvalue weighted by atomic mass is 15.2. The van der Waals surface area contributed by atoms with E-state index in [4.69, 9.17) is 9.97 Å². The molecule has 3 aromatic rings. The highest BCUT2D eigenvalue weighted by molar-refractivity contribution is 5.60. The number of aryl methyl sites for hydroxylation is 1.